The molecule has 0 heterocycles. The van der Waals surface area contributed by atoms with Crippen molar-refractivity contribution < 1.29 is 0 Å². The normalized spacial score (nSPS) is 25.8. The fourth-order valence-electron chi connectivity index (χ4n) is 5.31. The van der Waals surface area contributed by atoms with E-state index in [1.165, 1.54) is 83.5 Å². The van der Waals surface area contributed by atoms with Crippen molar-refractivity contribution in [1.82, 2.24) is 5.32 Å². The minimum atomic E-state index is 0.750. The van der Waals surface area contributed by atoms with Gasteiger partial charge in [-0.05, 0) is 88.0 Å². The molecule has 168 valence electrons. The van der Waals surface area contributed by atoms with E-state index in [1.807, 2.05) is 0 Å². The van der Waals surface area contributed by atoms with Crippen LogP contribution < -0.4 is 5.32 Å². The lowest BCUT2D eigenvalue weighted by molar-refractivity contribution is 0.182. The molecule has 29 heavy (non-hydrogen) atoms. The van der Waals surface area contributed by atoms with E-state index in [0.29, 0.717) is 0 Å². The maximum absolute atomic E-state index is 3.78. The molecule has 2 saturated carbocycles. The molecule has 0 bridgehead atoms. The van der Waals surface area contributed by atoms with Gasteiger partial charge in [-0.1, -0.05) is 83.6 Å². The highest BCUT2D eigenvalue weighted by molar-refractivity contribution is 4.90. The summed E-state index contributed by atoms with van der Waals surface area (Å²) in [5.74, 6) is 4.69. The number of nitrogens with one attached hydrogen (secondary N) is 1. The second-order valence-corrected chi connectivity index (χ2v) is 10.5. The summed E-state index contributed by atoms with van der Waals surface area (Å²) in [6, 6.07) is 0.800. The average molecular weight is 402 g/mol. The second-order valence-electron chi connectivity index (χ2n) is 10.5. The molecule has 3 atom stereocenters. The van der Waals surface area contributed by atoms with Gasteiger partial charge in [-0.15, -0.1) is 0 Å². The Bertz CT molecular complexity index is 455. The number of allylic oxidation sites excluding steroid dienone is 3. The van der Waals surface area contributed by atoms with E-state index >= 15 is 0 Å². The van der Waals surface area contributed by atoms with Gasteiger partial charge in [-0.3, -0.25) is 0 Å². The third-order valence-corrected chi connectivity index (χ3v) is 7.86. The standard InChI is InChI=1S/C28H51N/c1-5-7-13-25(17-16-24(4)27-14-10-15-27)18-19-26-21-28(22-26)29-20-9-8-12-23(3)11-6-2/h5,7-8,12,23-29H,6,9-11,13-22H2,1-4H3. The third kappa shape index (κ3) is 9.86. The van der Waals surface area contributed by atoms with E-state index in [4.69, 9.17) is 0 Å². The number of hydrogen-bond donors (Lipinski definition) is 1. The van der Waals surface area contributed by atoms with Crippen molar-refractivity contribution in [3.8, 4) is 0 Å². The smallest absolute Gasteiger partial charge is 0.00724 e. The van der Waals surface area contributed by atoms with Crippen molar-refractivity contribution in [2.75, 3.05) is 6.54 Å². The first-order valence-electron chi connectivity index (χ1n) is 13.1. The molecule has 0 amide bonds. The van der Waals surface area contributed by atoms with Crippen LogP contribution in [-0.2, 0) is 0 Å². The summed E-state index contributed by atoms with van der Waals surface area (Å²) in [5, 5.41) is 3.78. The van der Waals surface area contributed by atoms with Crippen LogP contribution in [0.1, 0.15) is 111 Å². The van der Waals surface area contributed by atoms with Crippen molar-refractivity contribution in [3.05, 3.63) is 24.3 Å². The van der Waals surface area contributed by atoms with Crippen molar-refractivity contribution in [3.63, 3.8) is 0 Å². The van der Waals surface area contributed by atoms with Crippen LogP contribution in [0.25, 0.3) is 0 Å². The molecule has 1 N–H and O–H groups in total. The highest BCUT2D eigenvalue weighted by Crippen LogP contribution is 2.38. The van der Waals surface area contributed by atoms with Crippen LogP contribution in [0.3, 0.4) is 0 Å². The first-order chi connectivity index (χ1) is 14.1. The monoisotopic (exact) mass is 401 g/mol. The largest absolute Gasteiger partial charge is 0.314 e. The Morgan fingerprint density at radius 1 is 1.00 bits per heavy atom. The summed E-state index contributed by atoms with van der Waals surface area (Å²) < 4.78 is 0. The van der Waals surface area contributed by atoms with Gasteiger partial charge in [0.2, 0.25) is 0 Å². The minimum absolute atomic E-state index is 0.750. The lowest BCUT2D eigenvalue weighted by atomic mass is 9.73. The van der Waals surface area contributed by atoms with Crippen LogP contribution in [0.5, 0.6) is 0 Å². The molecule has 2 aliphatic carbocycles. The summed E-state index contributed by atoms with van der Waals surface area (Å²) in [6.07, 6.45) is 27.8. The quantitative estimate of drug-likeness (QED) is 0.202. The van der Waals surface area contributed by atoms with Gasteiger partial charge >= 0.3 is 0 Å². The maximum atomic E-state index is 3.78. The number of rotatable bonds is 16. The topological polar surface area (TPSA) is 12.0 Å². The molecule has 2 aliphatic rings. The molecule has 1 heteroatoms. The minimum Gasteiger partial charge on any atom is -0.314 e. The summed E-state index contributed by atoms with van der Waals surface area (Å²) in [4.78, 5) is 0. The molecule has 0 aliphatic heterocycles. The van der Waals surface area contributed by atoms with E-state index in [2.05, 4.69) is 57.3 Å². The molecule has 2 fully saturated rings. The molecule has 0 spiro atoms. The van der Waals surface area contributed by atoms with Gasteiger partial charge < -0.3 is 5.32 Å². The van der Waals surface area contributed by atoms with Gasteiger partial charge in [0.05, 0.1) is 0 Å². The van der Waals surface area contributed by atoms with Gasteiger partial charge in [0.15, 0.2) is 0 Å². The summed E-state index contributed by atoms with van der Waals surface area (Å²) in [6.45, 7) is 10.5. The van der Waals surface area contributed by atoms with E-state index in [0.717, 1.165) is 42.2 Å². The molecule has 3 unspecified atom stereocenters. The SMILES string of the molecule is CC=CCC(CCC1CC(NCCC=CC(C)CCC)C1)CCC(C)C1CCC1. The van der Waals surface area contributed by atoms with Crippen molar-refractivity contribution in [1.29, 1.82) is 0 Å². The van der Waals surface area contributed by atoms with Crippen molar-refractivity contribution in [2.24, 2.45) is 29.6 Å². The molecular weight excluding hydrogens is 350 g/mol. The molecular formula is C28H51N. The zero-order valence-corrected chi connectivity index (χ0v) is 20.2. The van der Waals surface area contributed by atoms with Crippen LogP contribution in [-0.4, -0.2) is 12.6 Å². The first kappa shape index (κ1) is 24.7. The lowest BCUT2D eigenvalue weighted by Gasteiger charge is -2.37. The predicted octanol–water partition coefficient (Wildman–Crippen LogP) is 8.32. The van der Waals surface area contributed by atoms with Crippen LogP contribution in [0.15, 0.2) is 24.3 Å². The Balaban J connectivity index is 1.53. The fraction of sp³-hybridized carbons (Fsp3) is 0.857. The van der Waals surface area contributed by atoms with Gasteiger partial charge in [0.1, 0.15) is 0 Å². The molecule has 2 rings (SSSR count). The van der Waals surface area contributed by atoms with Crippen LogP contribution in [0, 0.1) is 29.6 Å². The molecule has 0 aromatic rings. The zero-order chi connectivity index (χ0) is 20.9. The Kier molecular flexibility index (Phi) is 12.3. The second kappa shape index (κ2) is 14.4. The van der Waals surface area contributed by atoms with E-state index < -0.39 is 0 Å². The van der Waals surface area contributed by atoms with Crippen LogP contribution in [0.2, 0.25) is 0 Å². The van der Waals surface area contributed by atoms with Gasteiger partial charge in [0, 0.05) is 6.04 Å². The third-order valence-electron chi connectivity index (χ3n) is 7.86. The summed E-state index contributed by atoms with van der Waals surface area (Å²) in [5.41, 5.74) is 0. The average Bonchev–Trinajstić information content (AvgIpc) is 2.62. The predicted molar refractivity (Wildman–Crippen MR) is 130 cm³/mol. The molecule has 0 aromatic carbocycles. The fourth-order valence-corrected chi connectivity index (χ4v) is 5.31. The first-order valence-corrected chi connectivity index (χ1v) is 13.1. The Morgan fingerprint density at radius 3 is 2.45 bits per heavy atom. The summed E-state index contributed by atoms with van der Waals surface area (Å²) in [7, 11) is 0. The van der Waals surface area contributed by atoms with Gasteiger partial charge in [-0.25, -0.2) is 0 Å². The van der Waals surface area contributed by atoms with Crippen LogP contribution >= 0.6 is 0 Å². The molecule has 1 nitrogen and oxygen atoms in total. The highest BCUT2D eigenvalue weighted by Gasteiger charge is 2.29. The Hall–Kier alpha value is -0.560. The Morgan fingerprint density at radius 2 is 1.79 bits per heavy atom. The maximum Gasteiger partial charge on any atom is 0.00724 e. The van der Waals surface area contributed by atoms with Crippen molar-refractivity contribution in [2.45, 2.75) is 117 Å². The lowest BCUT2D eigenvalue weighted by Crippen LogP contribution is -2.41. The van der Waals surface area contributed by atoms with Gasteiger partial charge in [-0.2, -0.15) is 0 Å². The highest BCUT2D eigenvalue weighted by atomic mass is 14.9. The Labute approximate surface area is 183 Å². The van der Waals surface area contributed by atoms with E-state index in [1.54, 1.807) is 0 Å². The van der Waals surface area contributed by atoms with E-state index in [9.17, 15) is 0 Å². The van der Waals surface area contributed by atoms with Crippen LogP contribution in [0.4, 0.5) is 0 Å². The van der Waals surface area contributed by atoms with E-state index in [-0.39, 0.29) is 0 Å². The summed E-state index contributed by atoms with van der Waals surface area (Å²) >= 11 is 0. The zero-order valence-electron chi connectivity index (χ0n) is 20.2. The molecule has 0 radical (unpaired) electrons. The molecule has 0 saturated heterocycles. The molecule has 0 aromatic heterocycles. The van der Waals surface area contributed by atoms with Crippen molar-refractivity contribution >= 4 is 0 Å². The van der Waals surface area contributed by atoms with Gasteiger partial charge in [0.25, 0.3) is 0 Å². The number of hydrogen-bond acceptors (Lipinski definition) is 1.